The Kier molecular flexibility index (Phi) is 4.15. The monoisotopic (exact) mass is 271 g/mol. The number of hydrogen-bond donors (Lipinski definition) is 1. The van der Waals surface area contributed by atoms with Crippen molar-refractivity contribution in [1.82, 2.24) is 19.8 Å². The molecule has 0 aromatic carbocycles. The van der Waals surface area contributed by atoms with E-state index in [1.54, 1.807) is 4.90 Å². The fourth-order valence-electron chi connectivity index (χ4n) is 1.46. The molecule has 2 N–H and O–H groups in total. The number of aromatic nitrogens is 3. The lowest BCUT2D eigenvalue weighted by atomic mass is 10.4. The first kappa shape index (κ1) is 12.8. The van der Waals surface area contributed by atoms with Gasteiger partial charge in [-0.15, -0.1) is 5.10 Å². The van der Waals surface area contributed by atoms with Crippen LogP contribution in [0.3, 0.4) is 0 Å². The quantitative estimate of drug-likeness (QED) is 0.516. The maximum absolute atomic E-state index is 11.8. The van der Waals surface area contributed by atoms with Crippen LogP contribution < -0.4 is 11.4 Å². The first-order valence-electron chi connectivity index (χ1n) is 5.36. The number of ether oxygens (including phenoxy) is 1. The Hall–Kier alpha value is -1.61. The van der Waals surface area contributed by atoms with Crippen LogP contribution in [0.25, 0.3) is 0 Å². The highest BCUT2D eigenvalue weighted by molar-refractivity contribution is 7.99. The predicted molar refractivity (Wildman–Crippen MR) is 64.6 cm³/mol. The minimum atomic E-state index is -0.452. The zero-order valence-electron chi connectivity index (χ0n) is 9.61. The van der Waals surface area contributed by atoms with Crippen LogP contribution in [0.2, 0.25) is 0 Å². The Morgan fingerprint density at radius 2 is 2.22 bits per heavy atom. The van der Waals surface area contributed by atoms with Crippen LogP contribution in [-0.2, 0) is 9.53 Å². The van der Waals surface area contributed by atoms with E-state index in [2.05, 4.69) is 10.2 Å². The fraction of sp³-hybridized carbons (Fsp3) is 0.556. The third kappa shape index (κ3) is 2.99. The molecule has 0 radical (unpaired) electrons. The lowest BCUT2D eigenvalue weighted by Crippen LogP contribution is -2.41. The van der Waals surface area contributed by atoms with Crippen LogP contribution in [-0.4, -0.2) is 57.7 Å². The molecular weight excluding hydrogens is 258 g/mol. The van der Waals surface area contributed by atoms with Crippen LogP contribution in [0.4, 0.5) is 0 Å². The second-order valence-electron chi connectivity index (χ2n) is 3.62. The maximum atomic E-state index is 11.8. The minimum Gasteiger partial charge on any atom is -0.378 e. The van der Waals surface area contributed by atoms with Crippen molar-refractivity contribution in [3.05, 3.63) is 16.6 Å². The Balaban J connectivity index is 1.92. The van der Waals surface area contributed by atoms with Gasteiger partial charge in [0.1, 0.15) is 6.20 Å². The van der Waals surface area contributed by atoms with E-state index >= 15 is 0 Å². The van der Waals surface area contributed by atoms with Crippen LogP contribution in [0.1, 0.15) is 0 Å². The normalized spacial score (nSPS) is 15.7. The summed E-state index contributed by atoms with van der Waals surface area (Å²) < 4.78 is 6.04. The van der Waals surface area contributed by atoms with Crippen molar-refractivity contribution in [3.8, 4) is 0 Å². The molecule has 0 bridgehead atoms. The summed E-state index contributed by atoms with van der Waals surface area (Å²) in [6.45, 7) is 2.30. The third-order valence-corrected chi connectivity index (χ3v) is 3.37. The standard InChI is InChI=1S/C9H13N5O3S/c10-14-7(15)5-11-12-9(14)18-6-8(16)13-1-3-17-4-2-13/h5H,1-4,6,10H2. The number of nitrogens with two attached hydrogens (primary N) is 1. The third-order valence-electron chi connectivity index (χ3n) is 2.44. The Morgan fingerprint density at radius 1 is 1.50 bits per heavy atom. The van der Waals surface area contributed by atoms with Gasteiger partial charge in [0.05, 0.1) is 19.0 Å². The molecule has 9 heteroatoms. The smallest absolute Gasteiger partial charge is 0.291 e. The second kappa shape index (κ2) is 5.83. The van der Waals surface area contributed by atoms with Gasteiger partial charge >= 0.3 is 0 Å². The van der Waals surface area contributed by atoms with Gasteiger partial charge in [-0.1, -0.05) is 11.8 Å². The largest absolute Gasteiger partial charge is 0.378 e. The molecule has 0 spiro atoms. The molecule has 18 heavy (non-hydrogen) atoms. The first-order valence-corrected chi connectivity index (χ1v) is 6.35. The molecule has 98 valence electrons. The van der Waals surface area contributed by atoms with Crippen molar-refractivity contribution in [2.45, 2.75) is 5.16 Å². The lowest BCUT2D eigenvalue weighted by molar-refractivity contribution is -0.132. The van der Waals surface area contributed by atoms with Crippen molar-refractivity contribution < 1.29 is 9.53 Å². The van der Waals surface area contributed by atoms with E-state index < -0.39 is 5.56 Å². The maximum Gasteiger partial charge on any atom is 0.291 e. The molecule has 1 amide bonds. The minimum absolute atomic E-state index is 0.0265. The zero-order valence-corrected chi connectivity index (χ0v) is 10.4. The van der Waals surface area contributed by atoms with E-state index in [4.69, 9.17) is 10.6 Å². The summed E-state index contributed by atoms with van der Waals surface area (Å²) in [6.07, 6.45) is 1.02. The summed E-state index contributed by atoms with van der Waals surface area (Å²) in [5, 5.41) is 7.44. The molecule has 2 heterocycles. The molecule has 1 aromatic heterocycles. The SMILES string of the molecule is Nn1c(SCC(=O)N2CCOCC2)nncc1=O. The second-order valence-corrected chi connectivity index (χ2v) is 4.56. The molecule has 1 aromatic rings. The highest BCUT2D eigenvalue weighted by atomic mass is 32.2. The molecule has 1 fully saturated rings. The summed E-state index contributed by atoms with van der Waals surface area (Å²) in [5.41, 5.74) is -0.452. The van der Waals surface area contributed by atoms with Crippen molar-refractivity contribution >= 4 is 17.7 Å². The number of amides is 1. The van der Waals surface area contributed by atoms with E-state index in [1.807, 2.05) is 0 Å². The summed E-state index contributed by atoms with van der Waals surface area (Å²) in [4.78, 5) is 24.8. The number of hydrogen-bond acceptors (Lipinski definition) is 7. The van der Waals surface area contributed by atoms with Gasteiger partial charge in [-0.25, -0.2) is 0 Å². The molecule has 2 rings (SSSR count). The molecular formula is C9H13N5O3S. The average molecular weight is 271 g/mol. The van der Waals surface area contributed by atoms with Gasteiger partial charge in [-0.2, -0.15) is 9.77 Å². The number of nitrogens with zero attached hydrogens (tertiary/aromatic N) is 4. The molecule has 1 aliphatic rings. The molecule has 8 nitrogen and oxygen atoms in total. The van der Waals surface area contributed by atoms with Crippen molar-refractivity contribution in [2.75, 3.05) is 37.9 Å². The van der Waals surface area contributed by atoms with E-state index in [1.165, 1.54) is 0 Å². The van der Waals surface area contributed by atoms with E-state index in [9.17, 15) is 9.59 Å². The summed E-state index contributed by atoms with van der Waals surface area (Å²) in [7, 11) is 0. The van der Waals surface area contributed by atoms with Crippen LogP contribution in [0, 0.1) is 0 Å². The number of nitrogen functional groups attached to an aromatic ring is 1. The van der Waals surface area contributed by atoms with Crippen molar-refractivity contribution in [1.29, 1.82) is 0 Å². The molecule has 0 saturated carbocycles. The average Bonchev–Trinajstić information content (AvgIpc) is 2.41. The van der Waals surface area contributed by atoms with Gasteiger partial charge in [0.2, 0.25) is 11.1 Å². The van der Waals surface area contributed by atoms with E-state index in [0.717, 1.165) is 22.6 Å². The topological polar surface area (TPSA) is 103 Å². The van der Waals surface area contributed by atoms with Crippen LogP contribution >= 0.6 is 11.8 Å². The van der Waals surface area contributed by atoms with Crippen molar-refractivity contribution in [2.24, 2.45) is 0 Å². The number of carbonyl (C=O) groups excluding carboxylic acids is 1. The molecule has 1 saturated heterocycles. The van der Waals surface area contributed by atoms with Gasteiger partial charge < -0.3 is 15.5 Å². The molecule has 0 unspecified atom stereocenters. The number of rotatable bonds is 3. The van der Waals surface area contributed by atoms with E-state index in [-0.39, 0.29) is 16.8 Å². The van der Waals surface area contributed by atoms with Gasteiger partial charge in [-0.05, 0) is 0 Å². The summed E-state index contributed by atoms with van der Waals surface area (Å²) >= 11 is 1.10. The van der Waals surface area contributed by atoms with Gasteiger partial charge in [-0.3, -0.25) is 9.59 Å². The summed E-state index contributed by atoms with van der Waals surface area (Å²) in [6, 6.07) is 0. The molecule has 1 aliphatic heterocycles. The predicted octanol–water partition coefficient (Wildman–Crippen LogP) is -1.70. The molecule has 0 aliphatic carbocycles. The van der Waals surface area contributed by atoms with Crippen molar-refractivity contribution in [3.63, 3.8) is 0 Å². The highest BCUT2D eigenvalue weighted by Crippen LogP contribution is 2.12. The highest BCUT2D eigenvalue weighted by Gasteiger charge is 2.17. The van der Waals surface area contributed by atoms with E-state index in [0.29, 0.717) is 26.3 Å². The Labute approximate surface area is 107 Å². The zero-order chi connectivity index (χ0) is 13.0. The first-order chi connectivity index (χ1) is 8.68. The lowest BCUT2D eigenvalue weighted by Gasteiger charge is -2.26. The number of thioether (sulfide) groups is 1. The fourth-order valence-corrected chi connectivity index (χ4v) is 2.23. The van der Waals surface area contributed by atoms with Gasteiger partial charge in [0.25, 0.3) is 5.56 Å². The van der Waals surface area contributed by atoms with Gasteiger partial charge in [0, 0.05) is 13.1 Å². The summed E-state index contributed by atoms with van der Waals surface area (Å²) in [5.74, 6) is 5.63. The Morgan fingerprint density at radius 3 is 2.94 bits per heavy atom. The molecule has 0 atom stereocenters. The van der Waals surface area contributed by atoms with Gasteiger partial charge in [0.15, 0.2) is 0 Å². The Bertz CT molecular complexity index is 485. The van der Waals surface area contributed by atoms with Crippen LogP contribution in [0.5, 0.6) is 0 Å². The number of morpholine rings is 1. The van der Waals surface area contributed by atoms with Crippen LogP contribution in [0.15, 0.2) is 16.1 Å². The number of carbonyl (C=O) groups is 1.